The van der Waals surface area contributed by atoms with Gasteiger partial charge < -0.3 is 9.42 Å². The molecule has 122 valence electrons. The number of nitrogens with one attached hydrogen (secondary N) is 1. The molecule has 2 aliphatic rings. The smallest absolute Gasteiger partial charge is 0.275 e. The Labute approximate surface area is 130 Å². The molecule has 2 aromatic heterocycles. The number of alkyl halides is 2. The van der Waals surface area contributed by atoms with Crippen molar-refractivity contribution < 1.29 is 18.1 Å². The largest absolute Gasteiger partial charge is 0.337 e. The van der Waals surface area contributed by atoms with E-state index in [1.165, 1.54) is 0 Å². The van der Waals surface area contributed by atoms with Crippen LogP contribution in [-0.2, 0) is 0 Å². The Morgan fingerprint density at radius 2 is 2.26 bits per heavy atom. The molecule has 2 fully saturated rings. The number of aryl methyl sites for hydroxylation is 1. The van der Waals surface area contributed by atoms with Crippen LogP contribution >= 0.6 is 0 Å². The summed E-state index contributed by atoms with van der Waals surface area (Å²) in [7, 11) is 0. The molecule has 23 heavy (non-hydrogen) atoms. The van der Waals surface area contributed by atoms with Crippen LogP contribution in [0.25, 0.3) is 0 Å². The molecular formula is C14H15F2N5O2. The van der Waals surface area contributed by atoms with Crippen molar-refractivity contribution in [2.75, 3.05) is 6.54 Å². The first-order chi connectivity index (χ1) is 10.9. The molecule has 0 bridgehead atoms. The van der Waals surface area contributed by atoms with E-state index in [1.54, 1.807) is 13.0 Å². The highest BCUT2D eigenvalue weighted by atomic mass is 19.3. The molecule has 2 aromatic rings. The van der Waals surface area contributed by atoms with Crippen LogP contribution in [0.1, 0.15) is 59.1 Å². The van der Waals surface area contributed by atoms with Crippen molar-refractivity contribution in [3.8, 4) is 0 Å². The molecule has 1 aliphatic heterocycles. The monoisotopic (exact) mass is 323 g/mol. The van der Waals surface area contributed by atoms with Gasteiger partial charge in [-0.25, -0.2) is 8.78 Å². The van der Waals surface area contributed by atoms with Gasteiger partial charge in [-0.15, -0.1) is 0 Å². The van der Waals surface area contributed by atoms with Crippen LogP contribution in [0.15, 0.2) is 10.6 Å². The Morgan fingerprint density at radius 3 is 2.91 bits per heavy atom. The van der Waals surface area contributed by atoms with E-state index in [9.17, 15) is 13.6 Å². The zero-order valence-corrected chi connectivity index (χ0v) is 12.4. The number of nitrogens with zero attached hydrogens (tertiary/aromatic N) is 4. The normalized spacial score (nSPS) is 23.4. The molecular weight excluding hydrogens is 308 g/mol. The van der Waals surface area contributed by atoms with E-state index in [2.05, 4.69) is 20.3 Å². The number of aromatic nitrogens is 4. The van der Waals surface area contributed by atoms with Gasteiger partial charge in [0.05, 0.1) is 6.54 Å². The lowest BCUT2D eigenvalue weighted by Crippen LogP contribution is -2.33. The minimum Gasteiger partial charge on any atom is -0.337 e. The average molecular weight is 323 g/mol. The minimum atomic E-state index is -2.99. The predicted molar refractivity (Wildman–Crippen MR) is 72.9 cm³/mol. The molecule has 4 rings (SSSR count). The van der Waals surface area contributed by atoms with E-state index >= 15 is 0 Å². The predicted octanol–water partition coefficient (Wildman–Crippen LogP) is 2.20. The molecule has 1 saturated carbocycles. The topological polar surface area (TPSA) is 87.9 Å². The highest BCUT2D eigenvalue weighted by Crippen LogP contribution is 2.42. The highest BCUT2D eigenvalue weighted by Gasteiger charge is 2.50. The summed E-state index contributed by atoms with van der Waals surface area (Å²) in [4.78, 5) is 17.7. The van der Waals surface area contributed by atoms with Gasteiger partial charge in [0.15, 0.2) is 5.82 Å². The van der Waals surface area contributed by atoms with Crippen LogP contribution in [0.4, 0.5) is 8.78 Å². The molecule has 1 aliphatic carbocycles. The number of amides is 1. The summed E-state index contributed by atoms with van der Waals surface area (Å²) < 4.78 is 32.7. The van der Waals surface area contributed by atoms with Gasteiger partial charge in [0.2, 0.25) is 5.89 Å². The van der Waals surface area contributed by atoms with Gasteiger partial charge in [-0.1, -0.05) is 5.16 Å². The lowest BCUT2D eigenvalue weighted by molar-refractivity contribution is 0.0116. The van der Waals surface area contributed by atoms with Crippen LogP contribution in [0, 0.1) is 6.92 Å². The quantitative estimate of drug-likeness (QED) is 0.935. The number of hydrogen-bond acceptors (Lipinski definition) is 5. The Hall–Kier alpha value is -2.32. The minimum absolute atomic E-state index is 0.0333. The Kier molecular flexibility index (Phi) is 3.00. The molecule has 0 spiro atoms. The van der Waals surface area contributed by atoms with Crippen molar-refractivity contribution in [1.82, 2.24) is 25.2 Å². The lowest BCUT2D eigenvalue weighted by atomic mass is 10.2. The first kappa shape index (κ1) is 14.3. The van der Waals surface area contributed by atoms with Crippen molar-refractivity contribution in [3.05, 3.63) is 29.2 Å². The van der Waals surface area contributed by atoms with Gasteiger partial charge in [0.1, 0.15) is 11.7 Å². The molecule has 1 amide bonds. The fourth-order valence-electron chi connectivity index (χ4n) is 2.90. The van der Waals surface area contributed by atoms with Gasteiger partial charge >= 0.3 is 0 Å². The summed E-state index contributed by atoms with van der Waals surface area (Å²) >= 11 is 0. The van der Waals surface area contributed by atoms with Gasteiger partial charge in [0.25, 0.3) is 11.8 Å². The maximum Gasteiger partial charge on any atom is 0.275 e. The summed E-state index contributed by atoms with van der Waals surface area (Å²) in [6.45, 7) is 0.922. The number of hydrogen-bond donors (Lipinski definition) is 1. The van der Waals surface area contributed by atoms with Crippen LogP contribution in [0.3, 0.4) is 0 Å². The molecule has 1 atom stereocenters. The summed E-state index contributed by atoms with van der Waals surface area (Å²) in [6.07, 6.45) is 1.59. The first-order valence-corrected chi connectivity index (χ1v) is 7.47. The fraction of sp³-hybridized carbons (Fsp3) is 0.571. The van der Waals surface area contributed by atoms with Crippen LogP contribution in [0.5, 0.6) is 0 Å². The molecule has 9 heteroatoms. The van der Waals surface area contributed by atoms with E-state index in [-0.39, 0.29) is 11.6 Å². The third-order valence-electron chi connectivity index (χ3n) is 4.19. The highest BCUT2D eigenvalue weighted by molar-refractivity contribution is 5.93. The molecule has 1 saturated heterocycles. The molecule has 0 aromatic carbocycles. The second kappa shape index (κ2) is 4.84. The van der Waals surface area contributed by atoms with Crippen molar-refractivity contribution >= 4 is 5.91 Å². The van der Waals surface area contributed by atoms with Crippen molar-refractivity contribution in [3.63, 3.8) is 0 Å². The standard InChI is InChI=1S/C14H15F2N5O2/c1-7-17-12(23-20-7)11-5-14(15,16)6-21(11)13(22)10-4-9(18-19-10)8-2-3-8/h4,8,11H,2-3,5-6H2,1H3,(H,18,19)/t11-/m0/s1. The number of H-pyrrole nitrogens is 1. The summed E-state index contributed by atoms with van der Waals surface area (Å²) in [5.74, 6) is -2.76. The third-order valence-corrected chi connectivity index (χ3v) is 4.19. The van der Waals surface area contributed by atoms with Gasteiger partial charge in [-0.05, 0) is 25.8 Å². The van der Waals surface area contributed by atoms with E-state index < -0.39 is 30.8 Å². The number of halogens is 2. The Balaban J connectivity index is 1.62. The van der Waals surface area contributed by atoms with Gasteiger partial charge in [-0.3, -0.25) is 9.89 Å². The number of rotatable bonds is 3. The maximum absolute atomic E-state index is 13.8. The fourth-order valence-corrected chi connectivity index (χ4v) is 2.90. The van der Waals surface area contributed by atoms with E-state index in [0.717, 1.165) is 23.4 Å². The second-order valence-electron chi connectivity index (χ2n) is 6.17. The van der Waals surface area contributed by atoms with Gasteiger partial charge in [-0.2, -0.15) is 10.1 Å². The van der Waals surface area contributed by atoms with Crippen LogP contribution < -0.4 is 0 Å². The summed E-state index contributed by atoms with van der Waals surface area (Å²) in [5.41, 5.74) is 1.02. The Morgan fingerprint density at radius 1 is 1.48 bits per heavy atom. The zero-order valence-electron chi connectivity index (χ0n) is 12.4. The number of likely N-dealkylation sites (tertiary alicyclic amines) is 1. The Bertz CT molecular complexity index is 752. The lowest BCUT2D eigenvalue weighted by Gasteiger charge is -2.19. The zero-order chi connectivity index (χ0) is 16.2. The summed E-state index contributed by atoms with van der Waals surface area (Å²) in [5, 5.41) is 10.4. The van der Waals surface area contributed by atoms with Crippen LogP contribution in [0.2, 0.25) is 0 Å². The van der Waals surface area contributed by atoms with Crippen LogP contribution in [-0.4, -0.2) is 43.6 Å². The number of aromatic amines is 1. The average Bonchev–Trinajstić information content (AvgIpc) is 2.94. The molecule has 3 heterocycles. The second-order valence-corrected chi connectivity index (χ2v) is 6.17. The third kappa shape index (κ3) is 2.60. The van der Waals surface area contributed by atoms with E-state index in [4.69, 9.17) is 4.52 Å². The van der Waals surface area contributed by atoms with E-state index in [1.807, 2.05) is 0 Å². The molecule has 0 radical (unpaired) electrons. The summed E-state index contributed by atoms with van der Waals surface area (Å²) in [6, 6.07) is 0.715. The first-order valence-electron chi connectivity index (χ1n) is 7.47. The van der Waals surface area contributed by atoms with Crippen molar-refractivity contribution in [2.45, 2.75) is 44.1 Å². The van der Waals surface area contributed by atoms with E-state index in [0.29, 0.717) is 11.7 Å². The molecule has 0 unspecified atom stereocenters. The number of carbonyl (C=O) groups excluding carboxylic acids is 1. The SMILES string of the molecule is Cc1noc([C@@H]2CC(F)(F)CN2C(=O)c2cc(C3CC3)[nH]n2)n1. The van der Waals surface area contributed by atoms with Crippen molar-refractivity contribution in [2.24, 2.45) is 0 Å². The van der Waals surface area contributed by atoms with Gasteiger partial charge in [0, 0.05) is 18.0 Å². The van der Waals surface area contributed by atoms with Crippen molar-refractivity contribution in [1.29, 1.82) is 0 Å². The maximum atomic E-state index is 13.8. The molecule has 7 nitrogen and oxygen atoms in total. The number of carbonyl (C=O) groups is 1. The molecule has 1 N–H and O–H groups in total.